The van der Waals surface area contributed by atoms with E-state index in [1.807, 2.05) is 39.0 Å². The van der Waals surface area contributed by atoms with Crippen molar-refractivity contribution in [3.05, 3.63) is 58.4 Å². The number of aromatic nitrogens is 2. The minimum Gasteiger partial charge on any atom is -0.352 e. The van der Waals surface area contributed by atoms with E-state index < -0.39 is 0 Å². The van der Waals surface area contributed by atoms with Crippen molar-refractivity contribution in [3.63, 3.8) is 0 Å². The normalized spacial score (nSPS) is 11.2. The SMILES string of the molecule is Cc1ccccc1CCNC(=O)c1cc(C(C)C)nc2onc(C)c12. The van der Waals surface area contributed by atoms with Crippen LogP contribution in [0.15, 0.2) is 34.9 Å². The molecule has 0 atom stereocenters. The van der Waals surface area contributed by atoms with E-state index in [0.717, 1.165) is 12.1 Å². The summed E-state index contributed by atoms with van der Waals surface area (Å²) in [6, 6.07) is 10.1. The van der Waals surface area contributed by atoms with Crippen LogP contribution in [0.25, 0.3) is 11.1 Å². The second-order valence-corrected chi connectivity index (χ2v) is 6.63. The average molecular weight is 337 g/mol. The second-order valence-electron chi connectivity index (χ2n) is 6.63. The number of pyridine rings is 1. The average Bonchev–Trinajstić information content (AvgIpc) is 2.97. The minimum atomic E-state index is -0.116. The van der Waals surface area contributed by atoms with Crippen molar-refractivity contribution < 1.29 is 9.32 Å². The van der Waals surface area contributed by atoms with Crippen molar-refractivity contribution in [2.45, 2.75) is 40.0 Å². The molecule has 5 heteroatoms. The molecular formula is C20H23N3O2. The largest absolute Gasteiger partial charge is 0.352 e. The predicted octanol–water partition coefficient (Wildman–Crippen LogP) is 3.94. The van der Waals surface area contributed by atoms with E-state index in [2.05, 4.69) is 34.5 Å². The first-order chi connectivity index (χ1) is 12.0. The third-order valence-corrected chi connectivity index (χ3v) is 4.41. The summed E-state index contributed by atoms with van der Waals surface area (Å²) in [7, 11) is 0. The standard InChI is InChI=1S/C20H23N3O2/c1-12(2)17-11-16(18-14(4)23-25-20(18)22-17)19(24)21-10-9-15-8-6-5-7-13(15)3/h5-8,11-12H,9-10H2,1-4H3,(H,21,24). The van der Waals surface area contributed by atoms with Crippen LogP contribution in [0, 0.1) is 13.8 Å². The molecule has 0 saturated carbocycles. The van der Waals surface area contributed by atoms with Gasteiger partial charge in [0.05, 0.1) is 16.6 Å². The maximum absolute atomic E-state index is 12.8. The Bertz CT molecular complexity index is 912. The quantitative estimate of drug-likeness (QED) is 0.766. The van der Waals surface area contributed by atoms with Gasteiger partial charge in [-0.3, -0.25) is 4.79 Å². The fourth-order valence-electron chi connectivity index (χ4n) is 2.89. The molecule has 1 amide bonds. The Morgan fingerprint density at radius 1 is 1.24 bits per heavy atom. The summed E-state index contributed by atoms with van der Waals surface area (Å²) in [5.41, 5.74) is 4.99. The number of hydrogen-bond donors (Lipinski definition) is 1. The van der Waals surface area contributed by atoms with Crippen LogP contribution in [0.5, 0.6) is 0 Å². The van der Waals surface area contributed by atoms with Gasteiger partial charge in [-0.2, -0.15) is 0 Å². The number of hydrogen-bond acceptors (Lipinski definition) is 4. The predicted molar refractivity (Wildman–Crippen MR) is 97.8 cm³/mol. The number of carbonyl (C=O) groups excluding carboxylic acids is 1. The zero-order valence-electron chi connectivity index (χ0n) is 15.1. The smallest absolute Gasteiger partial charge is 0.259 e. The summed E-state index contributed by atoms with van der Waals surface area (Å²) < 4.78 is 5.28. The molecule has 0 bridgehead atoms. The Hall–Kier alpha value is -2.69. The third kappa shape index (κ3) is 3.55. The molecule has 25 heavy (non-hydrogen) atoms. The molecule has 2 heterocycles. The number of benzene rings is 1. The van der Waals surface area contributed by atoms with Gasteiger partial charge in [0.1, 0.15) is 0 Å². The number of aryl methyl sites for hydroxylation is 2. The van der Waals surface area contributed by atoms with Crippen LogP contribution in [-0.4, -0.2) is 22.6 Å². The number of nitrogens with zero attached hydrogens (tertiary/aromatic N) is 2. The van der Waals surface area contributed by atoms with Gasteiger partial charge in [0.15, 0.2) is 0 Å². The monoisotopic (exact) mass is 337 g/mol. The van der Waals surface area contributed by atoms with Crippen LogP contribution in [-0.2, 0) is 6.42 Å². The number of rotatable bonds is 5. The van der Waals surface area contributed by atoms with Crippen molar-refractivity contribution in [1.29, 1.82) is 0 Å². The lowest BCUT2D eigenvalue weighted by atomic mass is 10.0. The highest BCUT2D eigenvalue weighted by atomic mass is 16.5. The molecule has 0 radical (unpaired) electrons. The number of nitrogens with one attached hydrogen (secondary N) is 1. The van der Waals surface area contributed by atoms with Gasteiger partial charge in [-0.1, -0.05) is 43.3 Å². The van der Waals surface area contributed by atoms with Crippen LogP contribution >= 0.6 is 0 Å². The van der Waals surface area contributed by atoms with Gasteiger partial charge in [-0.05, 0) is 43.4 Å². The molecule has 0 fully saturated rings. The van der Waals surface area contributed by atoms with E-state index in [9.17, 15) is 4.79 Å². The molecule has 0 aliphatic rings. The molecule has 0 spiro atoms. The van der Waals surface area contributed by atoms with Crippen LogP contribution in [0.2, 0.25) is 0 Å². The Morgan fingerprint density at radius 2 is 2.00 bits per heavy atom. The highest BCUT2D eigenvalue weighted by Gasteiger charge is 2.19. The summed E-state index contributed by atoms with van der Waals surface area (Å²) in [5.74, 6) is 0.0857. The second kappa shape index (κ2) is 7.05. The molecule has 0 aliphatic carbocycles. The van der Waals surface area contributed by atoms with Gasteiger partial charge in [-0.15, -0.1) is 0 Å². The van der Waals surface area contributed by atoms with Gasteiger partial charge >= 0.3 is 0 Å². The first-order valence-corrected chi connectivity index (χ1v) is 8.57. The molecule has 0 aliphatic heterocycles. The Balaban J connectivity index is 1.81. The van der Waals surface area contributed by atoms with Crippen LogP contribution in [0.3, 0.4) is 0 Å². The molecule has 3 aromatic rings. The van der Waals surface area contributed by atoms with Gasteiger partial charge in [0, 0.05) is 12.2 Å². The lowest BCUT2D eigenvalue weighted by Gasteiger charge is -2.10. The number of amides is 1. The van der Waals surface area contributed by atoms with Crippen molar-refractivity contribution in [1.82, 2.24) is 15.5 Å². The fourth-order valence-corrected chi connectivity index (χ4v) is 2.89. The van der Waals surface area contributed by atoms with Crippen molar-refractivity contribution in [2.75, 3.05) is 6.54 Å². The zero-order chi connectivity index (χ0) is 18.0. The molecule has 2 aromatic heterocycles. The molecule has 1 aromatic carbocycles. The van der Waals surface area contributed by atoms with Gasteiger partial charge in [-0.25, -0.2) is 4.98 Å². The molecular weight excluding hydrogens is 314 g/mol. The topological polar surface area (TPSA) is 68.0 Å². The van der Waals surface area contributed by atoms with Gasteiger partial charge < -0.3 is 9.84 Å². The lowest BCUT2D eigenvalue weighted by Crippen LogP contribution is -2.26. The van der Waals surface area contributed by atoms with E-state index in [4.69, 9.17) is 4.52 Å². The summed E-state index contributed by atoms with van der Waals surface area (Å²) in [6.45, 7) is 8.56. The highest BCUT2D eigenvalue weighted by molar-refractivity contribution is 6.06. The van der Waals surface area contributed by atoms with E-state index >= 15 is 0 Å². The van der Waals surface area contributed by atoms with Gasteiger partial charge in [0.2, 0.25) is 0 Å². The van der Waals surface area contributed by atoms with E-state index in [0.29, 0.717) is 28.9 Å². The summed E-state index contributed by atoms with van der Waals surface area (Å²) in [5, 5.41) is 7.67. The highest BCUT2D eigenvalue weighted by Crippen LogP contribution is 2.25. The number of fused-ring (bicyclic) bond motifs is 1. The first-order valence-electron chi connectivity index (χ1n) is 8.57. The Labute approximate surface area is 147 Å². The molecule has 0 saturated heterocycles. The first kappa shape index (κ1) is 17.1. The summed E-state index contributed by atoms with van der Waals surface area (Å²) in [6.07, 6.45) is 0.798. The van der Waals surface area contributed by atoms with E-state index in [1.165, 1.54) is 11.1 Å². The lowest BCUT2D eigenvalue weighted by molar-refractivity contribution is 0.0955. The zero-order valence-corrected chi connectivity index (χ0v) is 15.1. The van der Waals surface area contributed by atoms with Gasteiger partial charge in [0.25, 0.3) is 11.6 Å². The molecule has 5 nitrogen and oxygen atoms in total. The molecule has 0 unspecified atom stereocenters. The van der Waals surface area contributed by atoms with Crippen molar-refractivity contribution in [3.8, 4) is 0 Å². The molecule has 3 rings (SSSR count). The van der Waals surface area contributed by atoms with E-state index in [-0.39, 0.29) is 11.8 Å². The third-order valence-electron chi connectivity index (χ3n) is 4.41. The summed E-state index contributed by atoms with van der Waals surface area (Å²) in [4.78, 5) is 17.2. The maximum atomic E-state index is 12.8. The summed E-state index contributed by atoms with van der Waals surface area (Å²) >= 11 is 0. The Kier molecular flexibility index (Phi) is 4.83. The van der Waals surface area contributed by atoms with Crippen molar-refractivity contribution >= 4 is 17.0 Å². The minimum absolute atomic E-state index is 0.116. The van der Waals surface area contributed by atoms with Crippen LogP contribution < -0.4 is 5.32 Å². The Morgan fingerprint density at radius 3 is 2.72 bits per heavy atom. The maximum Gasteiger partial charge on any atom is 0.259 e. The molecule has 1 N–H and O–H groups in total. The fraction of sp³-hybridized carbons (Fsp3) is 0.350. The molecule has 130 valence electrons. The van der Waals surface area contributed by atoms with Crippen molar-refractivity contribution in [2.24, 2.45) is 0 Å². The van der Waals surface area contributed by atoms with Crippen LogP contribution in [0.4, 0.5) is 0 Å². The van der Waals surface area contributed by atoms with E-state index in [1.54, 1.807) is 0 Å². The number of carbonyl (C=O) groups is 1. The van der Waals surface area contributed by atoms with Crippen LogP contribution in [0.1, 0.15) is 52.6 Å².